The Morgan fingerprint density at radius 2 is 2.04 bits per heavy atom. The number of rotatable bonds is 4. The van der Waals surface area contributed by atoms with Gasteiger partial charge in [-0.1, -0.05) is 6.07 Å². The van der Waals surface area contributed by atoms with Gasteiger partial charge in [-0.2, -0.15) is 0 Å². The Balaban J connectivity index is 1.66. The maximum absolute atomic E-state index is 12.6. The van der Waals surface area contributed by atoms with Crippen LogP contribution in [-0.2, 0) is 0 Å². The lowest BCUT2D eigenvalue weighted by Gasteiger charge is -2.47. The van der Waals surface area contributed by atoms with Gasteiger partial charge < -0.3 is 19.7 Å². The normalized spacial score (nSPS) is 23.4. The number of carbonyl (C=O) groups is 1. The molecule has 0 spiro atoms. The van der Waals surface area contributed by atoms with E-state index < -0.39 is 0 Å². The smallest absolute Gasteiger partial charge is 0.271 e. The van der Waals surface area contributed by atoms with Crippen LogP contribution in [0.4, 0.5) is 5.82 Å². The third-order valence-electron chi connectivity index (χ3n) is 5.78. The van der Waals surface area contributed by atoms with Crippen molar-refractivity contribution in [2.45, 2.75) is 18.4 Å². The van der Waals surface area contributed by atoms with Gasteiger partial charge in [0.1, 0.15) is 0 Å². The van der Waals surface area contributed by atoms with Crippen LogP contribution >= 0.6 is 0 Å². The summed E-state index contributed by atoms with van der Waals surface area (Å²) in [6.07, 6.45) is 1.07. The topological polar surface area (TPSA) is 83.4 Å². The number of likely N-dealkylation sites (N-methyl/N-ethyl adjacent to an activating group) is 1. The second kappa shape index (κ2) is 7.35. The molecule has 2 aliphatic heterocycles. The average molecular weight is 382 g/mol. The molecule has 2 aliphatic rings. The Labute approximate surface area is 164 Å². The second-order valence-corrected chi connectivity index (χ2v) is 7.94. The molecular formula is C20H26N6O2. The Kier molecular flexibility index (Phi) is 4.89. The summed E-state index contributed by atoms with van der Waals surface area (Å²) in [6.45, 7) is 2.44. The number of amides is 1. The minimum absolute atomic E-state index is 0.0854. The van der Waals surface area contributed by atoms with Crippen molar-refractivity contribution in [3.05, 3.63) is 52.1 Å². The van der Waals surface area contributed by atoms with E-state index in [0.29, 0.717) is 11.6 Å². The first-order chi connectivity index (χ1) is 13.5. The number of hydrogen-bond acceptors (Lipinski definition) is 6. The van der Waals surface area contributed by atoms with Crippen LogP contribution in [0.25, 0.3) is 0 Å². The lowest BCUT2D eigenvalue weighted by atomic mass is 9.78. The van der Waals surface area contributed by atoms with Crippen LogP contribution in [0, 0.1) is 5.92 Å². The fourth-order valence-corrected chi connectivity index (χ4v) is 4.58. The van der Waals surface area contributed by atoms with Crippen molar-refractivity contribution in [1.29, 1.82) is 0 Å². The molecule has 1 amide bonds. The highest BCUT2D eigenvalue weighted by Gasteiger charge is 2.41. The molecule has 28 heavy (non-hydrogen) atoms. The minimum Gasteiger partial charge on any atom is -0.354 e. The molecule has 1 saturated heterocycles. The van der Waals surface area contributed by atoms with Crippen LogP contribution in [0.2, 0.25) is 0 Å². The largest absolute Gasteiger partial charge is 0.354 e. The highest BCUT2D eigenvalue weighted by molar-refractivity contribution is 5.91. The van der Waals surface area contributed by atoms with Gasteiger partial charge in [-0.15, -0.1) is 10.2 Å². The van der Waals surface area contributed by atoms with Gasteiger partial charge in [-0.3, -0.25) is 9.59 Å². The van der Waals surface area contributed by atoms with Gasteiger partial charge in [-0.05, 0) is 44.6 Å². The SMILES string of the molecule is CNC(=O)c1ccc(N2C[C@H]3C[C@@H](C2)[C@H](CN(C)C)n2c3cccc2=O)nn1. The molecule has 2 aromatic heterocycles. The standard InChI is InChI=1S/C20H26N6O2/c1-21-20(28)15-7-8-18(23-22-15)25-10-13-9-14(11-25)17(12-24(2)3)26-16(13)5-4-6-19(26)27/h4-8,13-14,17H,9-12H2,1-3H3,(H,21,28)/t13-,14+,17+/m1/s1. The zero-order valence-corrected chi connectivity index (χ0v) is 16.5. The van der Waals surface area contributed by atoms with E-state index in [1.807, 2.05) is 30.8 Å². The molecule has 0 aliphatic carbocycles. The quantitative estimate of drug-likeness (QED) is 0.839. The van der Waals surface area contributed by atoms with E-state index in [0.717, 1.165) is 37.6 Å². The Morgan fingerprint density at radius 3 is 2.71 bits per heavy atom. The van der Waals surface area contributed by atoms with Gasteiger partial charge in [0.15, 0.2) is 11.5 Å². The number of fused-ring (bicyclic) bond motifs is 4. The molecule has 4 rings (SSSR count). The van der Waals surface area contributed by atoms with E-state index >= 15 is 0 Å². The van der Waals surface area contributed by atoms with Crippen molar-refractivity contribution < 1.29 is 4.79 Å². The molecule has 8 nitrogen and oxygen atoms in total. The van der Waals surface area contributed by atoms with Crippen LogP contribution in [-0.4, -0.2) is 66.3 Å². The van der Waals surface area contributed by atoms with Crippen LogP contribution < -0.4 is 15.8 Å². The summed E-state index contributed by atoms with van der Waals surface area (Å²) in [6, 6.07) is 9.30. The van der Waals surface area contributed by atoms with Gasteiger partial charge in [0.2, 0.25) is 0 Å². The lowest BCUT2D eigenvalue weighted by Crippen LogP contribution is -2.51. The molecule has 3 atom stereocenters. The summed E-state index contributed by atoms with van der Waals surface area (Å²) in [7, 11) is 5.67. The molecule has 0 aromatic carbocycles. The Morgan fingerprint density at radius 1 is 1.21 bits per heavy atom. The van der Waals surface area contributed by atoms with Crippen molar-refractivity contribution in [2.75, 3.05) is 45.7 Å². The predicted octanol–water partition coefficient (Wildman–Crippen LogP) is 0.724. The number of carbonyl (C=O) groups excluding carboxylic acids is 1. The molecule has 0 unspecified atom stereocenters. The summed E-state index contributed by atoms with van der Waals surface area (Å²) in [5, 5.41) is 10.9. The van der Waals surface area contributed by atoms with Crippen molar-refractivity contribution in [3.8, 4) is 0 Å². The predicted molar refractivity (Wildman–Crippen MR) is 107 cm³/mol. The third kappa shape index (κ3) is 3.28. The van der Waals surface area contributed by atoms with E-state index in [2.05, 4.69) is 31.4 Å². The molecule has 148 valence electrons. The van der Waals surface area contributed by atoms with E-state index in [1.54, 1.807) is 19.2 Å². The van der Waals surface area contributed by atoms with Crippen molar-refractivity contribution in [2.24, 2.45) is 5.92 Å². The van der Waals surface area contributed by atoms with Gasteiger partial charge in [-0.25, -0.2) is 0 Å². The second-order valence-electron chi connectivity index (χ2n) is 7.94. The summed E-state index contributed by atoms with van der Waals surface area (Å²) in [5.41, 5.74) is 1.50. The molecule has 8 heteroatoms. The summed E-state index contributed by atoms with van der Waals surface area (Å²) < 4.78 is 2.01. The highest BCUT2D eigenvalue weighted by atomic mass is 16.2. The maximum Gasteiger partial charge on any atom is 0.271 e. The fraction of sp³-hybridized carbons (Fsp3) is 0.500. The number of piperidine rings is 1. The third-order valence-corrected chi connectivity index (χ3v) is 5.78. The Hall–Kier alpha value is -2.74. The Bertz CT molecular complexity index is 923. The fourth-order valence-electron chi connectivity index (χ4n) is 4.58. The summed E-state index contributed by atoms with van der Waals surface area (Å²) in [5.74, 6) is 1.17. The van der Waals surface area contributed by atoms with E-state index in [1.165, 1.54) is 0 Å². The maximum atomic E-state index is 12.6. The van der Waals surface area contributed by atoms with Crippen molar-refractivity contribution >= 4 is 11.7 Å². The van der Waals surface area contributed by atoms with Crippen LogP contribution in [0.1, 0.15) is 34.6 Å². The van der Waals surface area contributed by atoms with Gasteiger partial charge in [0.25, 0.3) is 11.5 Å². The number of nitrogens with one attached hydrogen (secondary N) is 1. The molecule has 2 aromatic rings. The number of nitrogens with zero attached hydrogens (tertiary/aromatic N) is 5. The average Bonchev–Trinajstić information content (AvgIpc) is 2.70. The summed E-state index contributed by atoms with van der Waals surface area (Å²) >= 11 is 0. The first-order valence-electron chi connectivity index (χ1n) is 9.65. The monoisotopic (exact) mass is 382 g/mol. The molecule has 2 bridgehead atoms. The first kappa shape index (κ1) is 18.6. The molecule has 0 saturated carbocycles. The molecule has 4 heterocycles. The number of anilines is 1. The molecule has 1 N–H and O–H groups in total. The van der Waals surface area contributed by atoms with E-state index in [9.17, 15) is 9.59 Å². The zero-order chi connectivity index (χ0) is 19.8. The van der Waals surface area contributed by atoms with Gasteiger partial charge in [0.05, 0.1) is 6.04 Å². The van der Waals surface area contributed by atoms with Crippen LogP contribution in [0.5, 0.6) is 0 Å². The molecule has 1 fully saturated rings. The molecule has 0 radical (unpaired) electrons. The molecular weight excluding hydrogens is 356 g/mol. The van der Waals surface area contributed by atoms with Gasteiger partial charge in [0, 0.05) is 44.4 Å². The summed E-state index contributed by atoms with van der Waals surface area (Å²) in [4.78, 5) is 28.7. The minimum atomic E-state index is -0.242. The first-order valence-corrected chi connectivity index (χ1v) is 9.65. The lowest BCUT2D eigenvalue weighted by molar-refractivity contribution is 0.0957. The number of hydrogen-bond donors (Lipinski definition) is 1. The number of aromatic nitrogens is 3. The number of pyridine rings is 1. The van der Waals surface area contributed by atoms with E-state index in [4.69, 9.17) is 0 Å². The zero-order valence-electron chi connectivity index (χ0n) is 16.5. The van der Waals surface area contributed by atoms with Crippen LogP contribution in [0.15, 0.2) is 35.1 Å². The van der Waals surface area contributed by atoms with Gasteiger partial charge >= 0.3 is 0 Å². The van der Waals surface area contributed by atoms with Crippen molar-refractivity contribution in [1.82, 2.24) is 25.0 Å². The van der Waals surface area contributed by atoms with E-state index in [-0.39, 0.29) is 23.4 Å². The highest BCUT2D eigenvalue weighted by Crippen LogP contribution is 2.42. The van der Waals surface area contributed by atoms with Crippen molar-refractivity contribution in [3.63, 3.8) is 0 Å². The van der Waals surface area contributed by atoms with Crippen LogP contribution in [0.3, 0.4) is 0 Å².